The summed E-state index contributed by atoms with van der Waals surface area (Å²) in [7, 11) is 3.47. The number of hydrogen-bond donors (Lipinski definition) is 0. The van der Waals surface area contributed by atoms with Crippen LogP contribution in [0, 0.1) is 0 Å². The van der Waals surface area contributed by atoms with Gasteiger partial charge in [-0.25, -0.2) is 0 Å². The molecular weight excluding hydrogens is 452 g/mol. The number of methoxy groups -OCH3 is 2. The van der Waals surface area contributed by atoms with Crippen molar-refractivity contribution in [1.82, 2.24) is 0 Å². The van der Waals surface area contributed by atoms with Crippen LogP contribution in [-0.4, -0.2) is 14.2 Å². The molecule has 0 bridgehead atoms. The van der Waals surface area contributed by atoms with E-state index in [0.717, 1.165) is 11.5 Å². The molecule has 5 aromatic carbocycles. The zero-order valence-corrected chi connectivity index (χ0v) is 20.9. The van der Waals surface area contributed by atoms with Gasteiger partial charge in [-0.05, 0) is 79.9 Å². The Bertz CT molecular complexity index is 1680. The molecule has 5 aromatic rings. The van der Waals surface area contributed by atoms with Gasteiger partial charge in [-0.1, -0.05) is 97.1 Å². The second kappa shape index (κ2) is 8.25. The zero-order chi connectivity index (χ0) is 25.0. The average molecular weight is 479 g/mol. The van der Waals surface area contributed by atoms with Crippen LogP contribution in [0.25, 0.3) is 22.3 Å². The molecule has 0 N–H and O–H groups in total. The summed E-state index contributed by atoms with van der Waals surface area (Å²) in [4.78, 5) is 0. The summed E-state index contributed by atoms with van der Waals surface area (Å²) in [6.07, 6.45) is 0. The summed E-state index contributed by atoms with van der Waals surface area (Å²) >= 11 is 0. The van der Waals surface area contributed by atoms with Crippen LogP contribution >= 0.6 is 0 Å². The number of allylic oxidation sites excluding steroid dienone is 1. The fourth-order valence-corrected chi connectivity index (χ4v) is 6.46. The van der Waals surface area contributed by atoms with Crippen LogP contribution in [0.2, 0.25) is 0 Å². The Morgan fingerprint density at radius 2 is 0.973 bits per heavy atom. The minimum Gasteiger partial charge on any atom is -0.497 e. The van der Waals surface area contributed by atoms with Gasteiger partial charge >= 0.3 is 0 Å². The van der Waals surface area contributed by atoms with Crippen LogP contribution in [0.1, 0.15) is 33.4 Å². The molecule has 7 rings (SSSR count). The van der Waals surface area contributed by atoms with Crippen LogP contribution in [0.5, 0.6) is 11.5 Å². The van der Waals surface area contributed by atoms with Gasteiger partial charge in [0.1, 0.15) is 11.5 Å². The zero-order valence-electron chi connectivity index (χ0n) is 20.9. The van der Waals surface area contributed by atoms with Gasteiger partial charge in [-0.3, -0.25) is 0 Å². The standard InChI is InChI=1S/C35H26O2/c1-36-25-17-19-31-28(21-25)27-15-9-10-16-30(27)35(31)32-20-18-26(37-2)22-29(32)33(23-11-5-3-6-12-23)34(35)24-13-7-4-8-14-24/h3-22H,1-2H3/t35-/m0/s1. The summed E-state index contributed by atoms with van der Waals surface area (Å²) in [5.74, 6) is 1.73. The van der Waals surface area contributed by atoms with E-state index < -0.39 is 5.41 Å². The summed E-state index contributed by atoms with van der Waals surface area (Å²) in [6, 6.07) is 43.6. The smallest absolute Gasteiger partial charge is 0.119 e. The molecule has 0 radical (unpaired) electrons. The molecule has 37 heavy (non-hydrogen) atoms. The molecule has 0 heterocycles. The van der Waals surface area contributed by atoms with Gasteiger partial charge in [-0.2, -0.15) is 0 Å². The lowest BCUT2D eigenvalue weighted by molar-refractivity contribution is 0.414. The maximum atomic E-state index is 5.75. The highest BCUT2D eigenvalue weighted by Gasteiger charge is 2.53. The Morgan fingerprint density at radius 1 is 0.459 bits per heavy atom. The van der Waals surface area contributed by atoms with Gasteiger partial charge in [0, 0.05) is 0 Å². The average Bonchev–Trinajstić information content (AvgIpc) is 3.44. The van der Waals surface area contributed by atoms with Crippen LogP contribution in [0.15, 0.2) is 121 Å². The third-order valence-corrected chi connectivity index (χ3v) is 7.90. The second-order valence-electron chi connectivity index (χ2n) is 9.60. The SMILES string of the molecule is COc1ccc2c(c1)C(c1ccccc1)=C(c1ccccc1)[C@]21c2ccccc2-c2cc(OC)ccc21. The highest BCUT2D eigenvalue weighted by Crippen LogP contribution is 2.65. The molecule has 2 aliphatic carbocycles. The second-order valence-corrected chi connectivity index (χ2v) is 9.60. The lowest BCUT2D eigenvalue weighted by Crippen LogP contribution is -2.26. The molecule has 0 aromatic heterocycles. The molecule has 2 heteroatoms. The van der Waals surface area contributed by atoms with E-state index in [1.807, 2.05) is 0 Å². The largest absolute Gasteiger partial charge is 0.497 e. The molecule has 1 atom stereocenters. The lowest BCUT2D eigenvalue weighted by atomic mass is 9.67. The Labute approximate surface area is 217 Å². The normalized spacial score (nSPS) is 16.9. The van der Waals surface area contributed by atoms with Crippen molar-refractivity contribution >= 4 is 11.1 Å². The highest BCUT2D eigenvalue weighted by molar-refractivity contribution is 6.13. The first-order chi connectivity index (χ1) is 18.3. The van der Waals surface area contributed by atoms with E-state index in [1.165, 1.54) is 55.7 Å². The Morgan fingerprint density at radius 3 is 1.62 bits per heavy atom. The quantitative estimate of drug-likeness (QED) is 0.261. The third-order valence-electron chi connectivity index (χ3n) is 7.90. The summed E-state index contributed by atoms with van der Waals surface area (Å²) < 4.78 is 11.4. The predicted octanol–water partition coefficient (Wildman–Crippen LogP) is 7.99. The molecule has 0 unspecified atom stereocenters. The molecule has 178 valence electrons. The minimum absolute atomic E-state index is 0.466. The van der Waals surface area contributed by atoms with Crippen LogP contribution in [0.4, 0.5) is 0 Å². The highest BCUT2D eigenvalue weighted by atomic mass is 16.5. The van der Waals surface area contributed by atoms with Gasteiger partial charge < -0.3 is 9.47 Å². The molecule has 0 saturated carbocycles. The Hall–Kier alpha value is -4.56. The molecule has 2 nitrogen and oxygen atoms in total. The van der Waals surface area contributed by atoms with Crippen LogP contribution in [-0.2, 0) is 5.41 Å². The van der Waals surface area contributed by atoms with E-state index >= 15 is 0 Å². The van der Waals surface area contributed by atoms with Crippen molar-refractivity contribution in [2.75, 3.05) is 14.2 Å². The molecule has 0 saturated heterocycles. The molecule has 1 spiro atoms. The number of fused-ring (bicyclic) bond motifs is 7. The van der Waals surface area contributed by atoms with Crippen molar-refractivity contribution in [3.8, 4) is 22.6 Å². The van der Waals surface area contributed by atoms with Crippen molar-refractivity contribution in [3.05, 3.63) is 155 Å². The fraction of sp³-hybridized carbons (Fsp3) is 0.0857. The third kappa shape index (κ3) is 2.93. The van der Waals surface area contributed by atoms with Gasteiger partial charge in [0.25, 0.3) is 0 Å². The number of ether oxygens (including phenoxy) is 2. The summed E-state index contributed by atoms with van der Waals surface area (Å²) in [5.41, 5.74) is 12.1. The predicted molar refractivity (Wildman–Crippen MR) is 150 cm³/mol. The van der Waals surface area contributed by atoms with Gasteiger partial charge in [0.2, 0.25) is 0 Å². The maximum Gasteiger partial charge on any atom is 0.119 e. The van der Waals surface area contributed by atoms with Crippen molar-refractivity contribution in [2.24, 2.45) is 0 Å². The number of rotatable bonds is 4. The summed E-state index contributed by atoms with van der Waals surface area (Å²) in [5, 5.41) is 0. The van der Waals surface area contributed by atoms with E-state index in [-0.39, 0.29) is 0 Å². The van der Waals surface area contributed by atoms with Crippen LogP contribution < -0.4 is 9.47 Å². The first-order valence-corrected chi connectivity index (χ1v) is 12.6. The molecule has 0 fully saturated rings. The lowest BCUT2D eigenvalue weighted by Gasteiger charge is -2.33. The molecule has 0 aliphatic heterocycles. The number of benzene rings is 5. The van der Waals surface area contributed by atoms with Crippen molar-refractivity contribution < 1.29 is 9.47 Å². The van der Waals surface area contributed by atoms with Gasteiger partial charge in [0.05, 0.1) is 19.6 Å². The topological polar surface area (TPSA) is 18.5 Å². The minimum atomic E-state index is -0.466. The molecular formula is C35H26O2. The van der Waals surface area contributed by atoms with Crippen molar-refractivity contribution in [2.45, 2.75) is 5.41 Å². The maximum absolute atomic E-state index is 5.75. The fourth-order valence-electron chi connectivity index (χ4n) is 6.46. The first-order valence-electron chi connectivity index (χ1n) is 12.6. The van der Waals surface area contributed by atoms with E-state index in [1.54, 1.807) is 14.2 Å². The van der Waals surface area contributed by atoms with E-state index in [4.69, 9.17) is 9.47 Å². The molecule has 2 aliphatic rings. The van der Waals surface area contributed by atoms with E-state index in [2.05, 4.69) is 121 Å². The van der Waals surface area contributed by atoms with Gasteiger partial charge in [-0.15, -0.1) is 0 Å². The van der Waals surface area contributed by atoms with Crippen molar-refractivity contribution in [3.63, 3.8) is 0 Å². The monoisotopic (exact) mass is 478 g/mol. The molecule has 0 amide bonds. The Balaban J connectivity index is 1.71. The summed E-state index contributed by atoms with van der Waals surface area (Å²) in [6.45, 7) is 0. The van der Waals surface area contributed by atoms with Crippen molar-refractivity contribution in [1.29, 1.82) is 0 Å². The van der Waals surface area contributed by atoms with E-state index in [0.29, 0.717) is 0 Å². The number of hydrogen-bond acceptors (Lipinski definition) is 2. The van der Waals surface area contributed by atoms with Crippen LogP contribution in [0.3, 0.4) is 0 Å². The Kier molecular flexibility index (Phi) is 4.84. The van der Waals surface area contributed by atoms with Gasteiger partial charge in [0.15, 0.2) is 0 Å². The van der Waals surface area contributed by atoms with E-state index in [9.17, 15) is 0 Å². The first kappa shape index (κ1) is 21.7.